The van der Waals surface area contributed by atoms with E-state index < -0.39 is 17.8 Å². The largest absolute Gasteiger partial charge is 0.494 e. The number of halogens is 1. The lowest BCUT2D eigenvalue weighted by Crippen LogP contribution is -2.15. The van der Waals surface area contributed by atoms with Crippen LogP contribution < -0.4 is 9.47 Å². The first kappa shape index (κ1) is 36.3. The summed E-state index contributed by atoms with van der Waals surface area (Å²) in [5, 5.41) is 0. The zero-order chi connectivity index (χ0) is 32.3. The Hall–Kier alpha value is -3.19. The predicted molar refractivity (Wildman–Crippen MR) is 182 cm³/mol. The Kier molecular flexibility index (Phi) is 16.7. The van der Waals surface area contributed by atoms with Gasteiger partial charge in [-0.2, -0.15) is 0 Å². The molecule has 0 saturated carbocycles. The van der Waals surface area contributed by atoms with Gasteiger partial charge >= 0.3 is 11.9 Å². The Morgan fingerprint density at radius 1 is 0.711 bits per heavy atom. The van der Waals surface area contributed by atoms with Crippen LogP contribution in [0.25, 0.3) is 10.4 Å². The number of esters is 2. The normalized spacial score (nSPS) is 11.7. The molecule has 0 fully saturated rings. The van der Waals surface area contributed by atoms with Crippen LogP contribution in [0.15, 0.2) is 54.6 Å². The summed E-state index contributed by atoms with van der Waals surface area (Å²) in [6, 6.07) is 14.7. The van der Waals surface area contributed by atoms with Crippen LogP contribution >= 0.6 is 11.3 Å². The van der Waals surface area contributed by atoms with Gasteiger partial charge in [-0.25, -0.2) is 14.0 Å². The molecular weight excluding hydrogens is 587 g/mol. The number of hydrogen-bond donors (Lipinski definition) is 0. The molecule has 0 unspecified atom stereocenters. The number of ether oxygens (including phenoxy) is 3. The highest BCUT2D eigenvalue weighted by molar-refractivity contribution is 7.17. The number of rotatable bonds is 22. The van der Waals surface area contributed by atoms with Gasteiger partial charge in [-0.1, -0.05) is 90.9 Å². The molecule has 5 nitrogen and oxygen atoms in total. The minimum absolute atomic E-state index is 0.157. The molecule has 2 aromatic carbocycles. The maximum atomic E-state index is 14.8. The van der Waals surface area contributed by atoms with Gasteiger partial charge in [0.1, 0.15) is 22.2 Å². The van der Waals surface area contributed by atoms with Gasteiger partial charge in [-0.15, -0.1) is 11.3 Å². The fourth-order valence-electron chi connectivity index (χ4n) is 5.13. The highest BCUT2D eigenvalue weighted by atomic mass is 32.1. The fourth-order valence-corrected chi connectivity index (χ4v) is 6.05. The zero-order valence-electron chi connectivity index (χ0n) is 27.4. The third-order valence-electron chi connectivity index (χ3n) is 7.84. The Balaban J connectivity index is 1.41. The molecule has 7 heteroatoms. The predicted octanol–water partition coefficient (Wildman–Crippen LogP) is 11.6. The molecule has 0 aliphatic heterocycles. The van der Waals surface area contributed by atoms with Gasteiger partial charge in [0.05, 0.1) is 23.2 Å². The summed E-state index contributed by atoms with van der Waals surface area (Å²) in [7, 11) is 0. The Morgan fingerprint density at radius 3 is 1.89 bits per heavy atom. The van der Waals surface area contributed by atoms with Gasteiger partial charge in [0.2, 0.25) is 0 Å². The van der Waals surface area contributed by atoms with E-state index in [1.54, 1.807) is 24.3 Å². The minimum Gasteiger partial charge on any atom is -0.494 e. The van der Waals surface area contributed by atoms with Gasteiger partial charge in [0.15, 0.2) is 0 Å². The summed E-state index contributed by atoms with van der Waals surface area (Å²) in [6.45, 7) is 6.98. The van der Waals surface area contributed by atoms with Crippen molar-refractivity contribution >= 4 is 23.3 Å². The first-order chi connectivity index (χ1) is 21.9. The van der Waals surface area contributed by atoms with Crippen LogP contribution in [0.3, 0.4) is 0 Å². The van der Waals surface area contributed by atoms with Crippen molar-refractivity contribution in [3.05, 3.63) is 70.9 Å². The standard InChI is InChI=1S/C38H51FO5S/c1-4-6-8-10-11-12-13-14-15-17-27-42-32-23-19-30(20-24-32)36-34(39)28-35(45-36)38(41)44-33-25-21-31(22-26-33)37(40)43-29(3)18-16-9-7-5-2/h19-26,28-29H,4-18,27H2,1-3H3/t29-/m1/s1. The molecule has 0 saturated heterocycles. The van der Waals surface area contributed by atoms with Gasteiger partial charge in [0.25, 0.3) is 0 Å². The number of thiophene rings is 1. The van der Waals surface area contributed by atoms with Gasteiger partial charge < -0.3 is 14.2 Å². The topological polar surface area (TPSA) is 61.8 Å². The maximum Gasteiger partial charge on any atom is 0.353 e. The smallest absolute Gasteiger partial charge is 0.353 e. The monoisotopic (exact) mass is 638 g/mol. The maximum absolute atomic E-state index is 14.8. The van der Waals surface area contributed by atoms with E-state index in [-0.39, 0.29) is 16.7 Å². The zero-order valence-corrected chi connectivity index (χ0v) is 28.2. The second-order valence-corrected chi connectivity index (χ2v) is 12.9. The second-order valence-electron chi connectivity index (χ2n) is 11.8. The molecule has 0 radical (unpaired) electrons. The van der Waals surface area contributed by atoms with Crippen molar-refractivity contribution in [2.75, 3.05) is 6.61 Å². The van der Waals surface area contributed by atoms with Crippen molar-refractivity contribution in [2.24, 2.45) is 0 Å². The number of unbranched alkanes of at least 4 members (excludes halogenated alkanes) is 12. The molecule has 0 spiro atoms. The van der Waals surface area contributed by atoms with Crippen LogP contribution in [0, 0.1) is 5.82 Å². The van der Waals surface area contributed by atoms with Crippen LogP contribution in [0.5, 0.6) is 11.5 Å². The number of carbonyl (C=O) groups excluding carboxylic acids is 2. The van der Waals surface area contributed by atoms with Crippen LogP contribution in [0.2, 0.25) is 0 Å². The summed E-state index contributed by atoms with van der Waals surface area (Å²) in [4.78, 5) is 25.8. The minimum atomic E-state index is -0.655. The van der Waals surface area contributed by atoms with Gasteiger partial charge in [0, 0.05) is 0 Å². The fraction of sp³-hybridized carbons (Fsp3) is 0.526. The second kappa shape index (κ2) is 20.8. The third-order valence-corrected chi connectivity index (χ3v) is 8.98. The molecule has 246 valence electrons. The number of benzene rings is 2. The molecule has 0 aliphatic rings. The average molecular weight is 639 g/mol. The number of carbonyl (C=O) groups is 2. The molecule has 1 aromatic heterocycles. The Labute approximate surface area is 273 Å². The summed E-state index contributed by atoms with van der Waals surface area (Å²) < 4.78 is 31.7. The average Bonchev–Trinajstić information content (AvgIpc) is 3.44. The summed E-state index contributed by atoms with van der Waals surface area (Å²) in [5.74, 6) is -0.523. The lowest BCUT2D eigenvalue weighted by atomic mass is 10.1. The molecule has 0 amide bonds. The molecule has 3 rings (SSSR count). The summed E-state index contributed by atoms with van der Waals surface area (Å²) in [6.07, 6.45) is 18.0. The summed E-state index contributed by atoms with van der Waals surface area (Å²) in [5.41, 5.74) is 1.06. The van der Waals surface area contributed by atoms with E-state index in [4.69, 9.17) is 14.2 Å². The van der Waals surface area contributed by atoms with Gasteiger partial charge in [-0.3, -0.25) is 0 Å². The van der Waals surface area contributed by atoms with E-state index in [1.165, 1.54) is 70.3 Å². The molecule has 0 bridgehead atoms. The van der Waals surface area contributed by atoms with Crippen LogP contribution in [-0.4, -0.2) is 24.6 Å². The Bertz CT molecular complexity index is 1270. The van der Waals surface area contributed by atoms with Gasteiger partial charge in [-0.05, 0) is 86.3 Å². The van der Waals surface area contributed by atoms with E-state index >= 15 is 0 Å². The van der Waals surface area contributed by atoms with E-state index in [1.807, 2.05) is 31.2 Å². The van der Waals surface area contributed by atoms with E-state index in [9.17, 15) is 14.0 Å². The van der Waals surface area contributed by atoms with Crippen molar-refractivity contribution in [3.8, 4) is 21.9 Å². The van der Waals surface area contributed by atoms with Crippen LogP contribution in [0.4, 0.5) is 4.39 Å². The molecule has 1 heterocycles. The molecule has 0 N–H and O–H groups in total. The molecule has 3 aromatic rings. The van der Waals surface area contributed by atoms with E-state index in [0.29, 0.717) is 22.6 Å². The highest BCUT2D eigenvalue weighted by Crippen LogP contribution is 2.33. The molecule has 1 atom stereocenters. The van der Waals surface area contributed by atoms with Crippen molar-refractivity contribution < 1.29 is 28.2 Å². The third kappa shape index (κ3) is 13.4. The van der Waals surface area contributed by atoms with E-state index in [2.05, 4.69) is 13.8 Å². The highest BCUT2D eigenvalue weighted by Gasteiger charge is 2.19. The molecule has 0 aliphatic carbocycles. The first-order valence-electron chi connectivity index (χ1n) is 17.0. The van der Waals surface area contributed by atoms with Crippen molar-refractivity contribution in [1.82, 2.24) is 0 Å². The quantitative estimate of drug-likeness (QED) is 0.0622. The SMILES string of the molecule is CCCCCCCCCCCCOc1ccc(-c2sc(C(=O)Oc3ccc(C(=O)O[C@H](C)CCCCCC)cc3)cc2F)cc1. The van der Waals surface area contributed by atoms with E-state index in [0.717, 1.165) is 49.2 Å². The lowest BCUT2D eigenvalue weighted by Gasteiger charge is -2.13. The number of hydrogen-bond acceptors (Lipinski definition) is 6. The van der Waals surface area contributed by atoms with Crippen molar-refractivity contribution in [2.45, 2.75) is 123 Å². The summed E-state index contributed by atoms with van der Waals surface area (Å²) >= 11 is 1.04. The van der Waals surface area contributed by atoms with Crippen molar-refractivity contribution in [3.63, 3.8) is 0 Å². The Morgan fingerprint density at radius 2 is 1.27 bits per heavy atom. The first-order valence-corrected chi connectivity index (χ1v) is 17.8. The van der Waals surface area contributed by atoms with Crippen molar-refractivity contribution in [1.29, 1.82) is 0 Å². The van der Waals surface area contributed by atoms with Crippen LogP contribution in [0.1, 0.15) is 137 Å². The molecular formula is C38H51FO5S. The van der Waals surface area contributed by atoms with Crippen LogP contribution in [-0.2, 0) is 4.74 Å². The lowest BCUT2D eigenvalue weighted by molar-refractivity contribution is 0.0319. The molecule has 45 heavy (non-hydrogen) atoms.